The molecule has 0 aliphatic rings. The zero-order valence-corrected chi connectivity index (χ0v) is 16.0. The van der Waals surface area contributed by atoms with Gasteiger partial charge >= 0.3 is 0 Å². The van der Waals surface area contributed by atoms with Crippen LogP contribution < -0.4 is 4.72 Å². The number of anilines is 1. The van der Waals surface area contributed by atoms with Gasteiger partial charge in [-0.25, -0.2) is 8.42 Å². The first-order chi connectivity index (χ1) is 8.79. The van der Waals surface area contributed by atoms with Crippen LogP contribution in [0.25, 0.3) is 0 Å². The minimum absolute atomic E-state index is 0.291. The Bertz CT molecular complexity index is 726. The third-order valence-electron chi connectivity index (χ3n) is 2.31. The van der Waals surface area contributed by atoms with Crippen LogP contribution in [0.5, 0.6) is 0 Å². The highest BCUT2D eigenvalue weighted by molar-refractivity contribution is 9.11. The molecule has 2 aromatic rings. The Hall–Kier alpha value is 0.110. The van der Waals surface area contributed by atoms with Crippen molar-refractivity contribution in [2.24, 2.45) is 0 Å². The lowest BCUT2D eigenvalue weighted by Gasteiger charge is -2.09. The molecule has 1 aromatic carbocycles. The van der Waals surface area contributed by atoms with Crippen molar-refractivity contribution in [3.05, 3.63) is 41.9 Å². The molecule has 0 unspecified atom stereocenters. The smallest absolute Gasteiger partial charge is 0.263 e. The van der Waals surface area contributed by atoms with Gasteiger partial charge in [-0.15, -0.1) is 11.3 Å². The highest BCUT2D eigenvalue weighted by Crippen LogP contribution is 2.33. The van der Waals surface area contributed by atoms with Gasteiger partial charge in [0.1, 0.15) is 4.90 Å². The number of hydrogen-bond acceptors (Lipinski definition) is 3. The van der Waals surface area contributed by atoms with Gasteiger partial charge in [0.2, 0.25) is 0 Å². The highest BCUT2D eigenvalue weighted by atomic mass is 79.9. The Kier molecular flexibility index (Phi) is 4.77. The second kappa shape index (κ2) is 5.85. The molecule has 19 heavy (non-hydrogen) atoms. The van der Waals surface area contributed by atoms with Crippen LogP contribution in [0.15, 0.2) is 41.9 Å². The summed E-state index contributed by atoms with van der Waals surface area (Å²) in [4.78, 5) is 1.03. The second-order valence-electron chi connectivity index (χ2n) is 3.70. The molecule has 0 aliphatic heterocycles. The fourth-order valence-electron chi connectivity index (χ4n) is 1.47. The number of aryl methyl sites for hydroxylation is 1. The molecule has 102 valence electrons. The fourth-order valence-corrected chi connectivity index (χ4v) is 6.24. The number of halogens is 3. The van der Waals surface area contributed by atoms with Crippen LogP contribution in [-0.4, -0.2) is 8.42 Å². The summed E-state index contributed by atoms with van der Waals surface area (Å²) in [5.74, 6) is 0. The Morgan fingerprint density at radius 3 is 2.37 bits per heavy atom. The van der Waals surface area contributed by atoms with Crippen LogP contribution in [-0.2, 0) is 10.0 Å². The second-order valence-corrected chi connectivity index (χ2v) is 9.76. The topological polar surface area (TPSA) is 46.2 Å². The standard InChI is InChI=1S/C11H8Br3NO2S2/c1-6-10(5-11(14)18-6)19(16,17)15-9-3-2-7(12)4-8(9)13/h2-5,15H,1H3. The predicted molar refractivity (Wildman–Crippen MR) is 89.4 cm³/mol. The molecule has 0 saturated carbocycles. The fraction of sp³-hybridized carbons (Fsp3) is 0.0909. The van der Waals surface area contributed by atoms with E-state index in [1.165, 1.54) is 11.3 Å². The van der Waals surface area contributed by atoms with Gasteiger partial charge in [-0.1, -0.05) is 15.9 Å². The van der Waals surface area contributed by atoms with E-state index in [0.717, 1.165) is 13.1 Å². The molecule has 8 heteroatoms. The predicted octanol–water partition coefficient (Wildman–Crippen LogP) is 5.14. The molecular weight excluding hydrogens is 482 g/mol. The van der Waals surface area contributed by atoms with Crippen molar-refractivity contribution in [2.45, 2.75) is 11.8 Å². The van der Waals surface area contributed by atoms with Crippen molar-refractivity contribution >= 4 is 74.8 Å². The zero-order chi connectivity index (χ0) is 14.2. The van der Waals surface area contributed by atoms with Gasteiger partial charge in [-0.2, -0.15) is 0 Å². The molecule has 0 fully saturated rings. The van der Waals surface area contributed by atoms with Gasteiger partial charge in [-0.3, -0.25) is 4.72 Å². The summed E-state index contributed by atoms with van der Waals surface area (Å²) in [6.07, 6.45) is 0. The molecule has 1 heterocycles. The van der Waals surface area contributed by atoms with E-state index in [9.17, 15) is 8.42 Å². The molecule has 0 radical (unpaired) electrons. The first-order valence-electron chi connectivity index (χ1n) is 5.03. The molecule has 0 atom stereocenters. The normalized spacial score (nSPS) is 11.6. The van der Waals surface area contributed by atoms with Crippen LogP contribution in [0.1, 0.15) is 4.88 Å². The maximum absolute atomic E-state index is 12.3. The number of hydrogen-bond donors (Lipinski definition) is 1. The molecule has 0 aliphatic carbocycles. The van der Waals surface area contributed by atoms with E-state index in [2.05, 4.69) is 52.5 Å². The third-order valence-corrected chi connectivity index (χ3v) is 6.63. The third kappa shape index (κ3) is 3.60. The number of sulfonamides is 1. The van der Waals surface area contributed by atoms with Crippen LogP contribution in [0.2, 0.25) is 0 Å². The van der Waals surface area contributed by atoms with Crippen molar-refractivity contribution < 1.29 is 8.42 Å². The molecule has 3 nitrogen and oxygen atoms in total. The van der Waals surface area contributed by atoms with Crippen LogP contribution in [0, 0.1) is 6.92 Å². The van der Waals surface area contributed by atoms with Crippen LogP contribution in [0.3, 0.4) is 0 Å². The number of rotatable bonds is 3. The van der Waals surface area contributed by atoms with Gasteiger partial charge < -0.3 is 0 Å². The molecule has 1 aromatic heterocycles. The van der Waals surface area contributed by atoms with Crippen molar-refractivity contribution in [2.75, 3.05) is 4.72 Å². The number of benzene rings is 1. The van der Waals surface area contributed by atoms with Gasteiger partial charge in [0.15, 0.2) is 0 Å². The van der Waals surface area contributed by atoms with Crippen LogP contribution >= 0.6 is 59.1 Å². The van der Waals surface area contributed by atoms with Crippen molar-refractivity contribution in [1.82, 2.24) is 0 Å². The summed E-state index contributed by atoms with van der Waals surface area (Å²) in [5, 5.41) is 0. The summed E-state index contributed by atoms with van der Waals surface area (Å²) >= 11 is 11.3. The van der Waals surface area contributed by atoms with Gasteiger partial charge in [-0.05, 0) is 63.0 Å². The molecule has 1 N–H and O–H groups in total. The average molecular weight is 490 g/mol. The summed E-state index contributed by atoms with van der Waals surface area (Å²) in [7, 11) is -3.57. The van der Waals surface area contributed by atoms with E-state index < -0.39 is 10.0 Å². The lowest BCUT2D eigenvalue weighted by molar-refractivity contribution is 0.601. The first-order valence-corrected chi connectivity index (χ1v) is 9.71. The minimum atomic E-state index is -3.57. The summed E-state index contributed by atoms with van der Waals surface area (Å²) in [6, 6.07) is 6.87. The lowest BCUT2D eigenvalue weighted by atomic mass is 10.3. The van der Waals surface area contributed by atoms with E-state index in [1.54, 1.807) is 31.2 Å². The summed E-state index contributed by atoms with van der Waals surface area (Å²) in [6.45, 7) is 1.78. The van der Waals surface area contributed by atoms with Gasteiger partial charge in [0.05, 0.1) is 9.47 Å². The summed E-state index contributed by atoms with van der Waals surface area (Å²) < 4.78 is 29.5. The lowest BCUT2D eigenvalue weighted by Crippen LogP contribution is -2.13. The molecule has 2 rings (SSSR count). The van der Waals surface area contributed by atoms with Crippen molar-refractivity contribution in [3.63, 3.8) is 0 Å². The molecule has 0 saturated heterocycles. The Morgan fingerprint density at radius 1 is 1.16 bits per heavy atom. The van der Waals surface area contributed by atoms with Gasteiger partial charge in [0, 0.05) is 13.8 Å². The summed E-state index contributed by atoms with van der Waals surface area (Å²) in [5.41, 5.74) is 0.505. The molecular formula is C11H8Br3NO2S2. The Balaban J connectivity index is 2.39. The van der Waals surface area contributed by atoms with E-state index in [-0.39, 0.29) is 0 Å². The molecule has 0 spiro atoms. The molecule has 0 bridgehead atoms. The number of nitrogens with one attached hydrogen (secondary N) is 1. The van der Waals surface area contributed by atoms with E-state index in [0.29, 0.717) is 15.1 Å². The minimum Gasteiger partial charge on any atom is -0.278 e. The monoisotopic (exact) mass is 487 g/mol. The largest absolute Gasteiger partial charge is 0.278 e. The number of thiophene rings is 1. The van der Waals surface area contributed by atoms with Gasteiger partial charge in [0.25, 0.3) is 10.0 Å². The SMILES string of the molecule is Cc1sc(Br)cc1S(=O)(=O)Nc1ccc(Br)cc1Br. The van der Waals surface area contributed by atoms with Crippen LogP contribution in [0.4, 0.5) is 5.69 Å². The average Bonchev–Trinajstić information content (AvgIpc) is 2.63. The quantitative estimate of drug-likeness (QED) is 0.648. The van der Waals surface area contributed by atoms with E-state index >= 15 is 0 Å². The maximum Gasteiger partial charge on any atom is 0.263 e. The van der Waals surface area contributed by atoms with Crippen molar-refractivity contribution in [3.8, 4) is 0 Å². The Labute approximate surface area is 140 Å². The van der Waals surface area contributed by atoms with E-state index in [1.807, 2.05) is 0 Å². The Morgan fingerprint density at radius 2 is 1.84 bits per heavy atom. The molecule has 0 amide bonds. The zero-order valence-electron chi connectivity index (χ0n) is 9.58. The highest BCUT2D eigenvalue weighted by Gasteiger charge is 2.20. The first kappa shape index (κ1) is 15.5. The van der Waals surface area contributed by atoms with Crippen molar-refractivity contribution in [1.29, 1.82) is 0 Å². The maximum atomic E-state index is 12.3. The van der Waals surface area contributed by atoms with E-state index in [4.69, 9.17) is 0 Å².